The molecule has 30 heavy (non-hydrogen) atoms. The minimum atomic E-state index is -3.41. The number of carbonyl (C=O) groups excluding carboxylic acids is 1. The van der Waals surface area contributed by atoms with Crippen molar-refractivity contribution in [3.05, 3.63) is 61.1 Å². The van der Waals surface area contributed by atoms with Gasteiger partial charge in [-0.15, -0.1) is 0 Å². The van der Waals surface area contributed by atoms with Crippen LogP contribution in [0.3, 0.4) is 0 Å². The molecule has 0 spiro atoms. The van der Waals surface area contributed by atoms with Crippen molar-refractivity contribution >= 4 is 44.8 Å². The Morgan fingerprint density at radius 2 is 1.60 bits per heavy atom. The molecule has 2 heterocycles. The molecule has 0 aliphatic rings. The third-order valence-electron chi connectivity index (χ3n) is 3.96. The Hall–Kier alpha value is -3.57. The van der Waals surface area contributed by atoms with Crippen molar-refractivity contribution in [3.8, 4) is 0 Å². The number of aromatic nitrogens is 3. The molecule has 156 valence electrons. The summed E-state index contributed by atoms with van der Waals surface area (Å²) in [6.07, 6.45) is 4.16. The second-order valence-electron chi connectivity index (χ2n) is 6.40. The number of likely N-dealkylation sites (N-methyl/N-ethyl adjacent to an activating group) is 1. The number of pyridine rings is 1. The van der Waals surface area contributed by atoms with Gasteiger partial charge in [-0.2, -0.15) is 4.31 Å². The van der Waals surface area contributed by atoms with Crippen LogP contribution in [0.4, 0.5) is 28.8 Å². The molecular weight excluding hydrogens is 406 g/mol. The minimum Gasteiger partial charge on any atom is -0.340 e. The zero-order chi connectivity index (χ0) is 21.6. The number of sulfonamides is 1. The highest BCUT2D eigenvalue weighted by Crippen LogP contribution is 2.20. The maximum atomic E-state index is 12.0. The third-order valence-corrected chi connectivity index (χ3v) is 5.22. The van der Waals surface area contributed by atoms with Crippen LogP contribution in [0.15, 0.2) is 61.1 Å². The van der Waals surface area contributed by atoms with Gasteiger partial charge in [-0.1, -0.05) is 6.07 Å². The number of hydrogen-bond donors (Lipinski definition) is 3. The zero-order valence-corrected chi connectivity index (χ0v) is 17.2. The molecule has 1 aromatic carbocycles. The van der Waals surface area contributed by atoms with Crippen LogP contribution >= 0.6 is 0 Å². The van der Waals surface area contributed by atoms with E-state index in [9.17, 15) is 13.2 Å². The van der Waals surface area contributed by atoms with Gasteiger partial charge in [0.15, 0.2) is 0 Å². The van der Waals surface area contributed by atoms with E-state index in [-0.39, 0.29) is 6.54 Å². The second kappa shape index (κ2) is 9.29. The number of benzene rings is 1. The summed E-state index contributed by atoms with van der Waals surface area (Å²) in [5.41, 5.74) is 1.30. The van der Waals surface area contributed by atoms with Crippen molar-refractivity contribution in [2.45, 2.75) is 0 Å². The predicted molar refractivity (Wildman–Crippen MR) is 115 cm³/mol. The Balaban J connectivity index is 1.59. The molecule has 0 radical (unpaired) electrons. The Labute approximate surface area is 174 Å². The van der Waals surface area contributed by atoms with Crippen LogP contribution < -0.4 is 16.0 Å². The molecule has 0 unspecified atom stereocenters. The van der Waals surface area contributed by atoms with E-state index in [1.54, 1.807) is 36.5 Å². The molecule has 2 aromatic heterocycles. The largest absolute Gasteiger partial charge is 0.340 e. The van der Waals surface area contributed by atoms with Crippen molar-refractivity contribution in [2.75, 3.05) is 35.8 Å². The number of nitrogens with zero attached hydrogens (tertiary/aromatic N) is 4. The predicted octanol–water partition coefficient (Wildman–Crippen LogP) is 2.19. The van der Waals surface area contributed by atoms with Gasteiger partial charge in [-0.25, -0.2) is 23.4 Å². The van der Waals surface area contributed by atoms with Crippen LogP contribution in [-0.4, -0.2) is 53.4 Å². The Morgan fingerprint density at radius 3 is 2.23 bits per heavy atom. The molecule has 0 bridgehead atoms. The highest BCUT2D eigenvalue weighted by atomic mass is 32.2. The van der Waals surface area contributed by atoms with Gasteiger partial charge >= 0.3 is 0 Å². The van der Waals surface area contributed by atoms with Gasteiger partial charge in [0.25, 0.3) is 0 Å². The summed E-state index contributed by atoms with van der Waals surface area (Å²) >= 11 is 0. The van der Waals surface area contributed by atoms with E-state index in [4.69, 9.17) is 0 Å². The smallest absolute Gasteiger partial charge is 0.239 e. The number of amides is 1. The lowest BCUT2D eigenvalue weighted by Crippen LogP contribution is -2.34. The monoisotopic (exact) mass is 427 g/mol. The fourth-order valence-corrected chi connectivity index (χ4v) is 2.72. The lowest BCUT2D eigenvalue weighted by Gasteiger charge is -2.14. The van der Waals surface area contributed by atoms with Gasteiger partial charge in [0.05, 0.1) is 12.8 Å². The van der Waals surface area contributed by atoms with Crippen LogP contribution in [0, 0.1) is 0 Å². The normalized spacial score (nSPS) is 11.2. The standard InChI is InChI=1S/C19H21N7O3S/c1-26(30(2,28)29)12-19(27)24-15-8-6-14(7-9-15)23-17-11-18(22-13-21-17)25-16-5-3-4-10-20-16/h3-11,13H,12H2,1-2H3,(H,24,27)(H2,20,21,22,23,25). The first kappa shape index (κ1) is 21.1. The Kier molecular flexibility index (Phi) is 6.54. The highest BCUT2D eigenvalue weighted by Gasteiger charge is 2.15. The molecule has 1 amide bonds. The fourth-order valence-electron chi connectivity index (χ4n) is 2.37. The van der Waals surface area contributed by atoms with Gasteiger partial charge in [0.1, 0.15) is 23.8 Å². The maximum absolute atomic E-state index is 12.0. The summed E-state index contributed by atoms with van der Waals surface area (Å²) in [6, 6.07) is 14.2. The summed E-state index contributed by atoms with van der Waals surface area (Å²) < 4.78 is 23.7. The summed E-state index contributed by atoms with van der Waals surface area (Å²) in [5.74, 6) is 1.41. The van der Waals surface area contributed by atoms with Crippen molar-refractivity contribution in [2.24, 2.45) is 0 Å². The average molecular weight is 427 g/mol. The van der Waals surface area contributed by atoms with Gasteiger partial charge in [-0.05, 0) is 36.4 Å². The molecule has 10 nitrogen and oxygen atoms in total. The van der Waals surface area contributed by atoms with E-state index in [2.05, 4.69) is 30.9 Å². The molecule has 0 aliphatic heterocycles. The van der Waals surface area contributed by atoms with Crippen LogP contribution in [0.1, 0.15) is 0 Å². The molecule has 0 saturated heterocycles. The molecule has 3 N–H and O–H groups in total. The third kappa shape index (κ3) is 6.22. The van der Waals surface area contributed by atoms with E-state index >= 15 is 0 Å². The molecule has 0 fully saturated rings. The van der Waals surface area contributed by atoms with Crippen molar-refractivity contribution in [1.29, 1.82) is 0 Å². The van der Waals surface area contributed by atoms with Gasteiger partial charge in [-0.3, -0.25) is 4.79 Å². The van der Waals surface area contributed by atoms with Gasteiger partial charge in [0, 0.05) is 30.7 Å². The van der Waals surface area contributed by atoms with E-state index in [0.29, 0.717) is 23.1 Å². The number of anilines is 5. The van der Waals surface area contributed by atoms with Gasteiger partial charge in [0.2, 0.25) is 15.9 Å². The number of nitrogens with one attached hydrogen (secondary N) is 3. The van der Waals surface area contributed by atoms with E-state index < -0.39 is 15.9 Å². The molecule has 11 heteroatoms. The van der Waals surface area contributed by atoms with Crippen LogP contribution in [0.5, 0.6) is 0 Å². The summed E-state index contributed by atoms with van der Waals surface area (Å²) in [5, 5.41) is 8.90. The van der Waals surface area contributed by atoms with Crippen molar-refractivity contribution in [1.82, 2.24) is 19.3 Å². The molecule has 0 saturated carbocycles. The van der Waals surface area contributed by atoms with E-state index in [0.717, 1.165) is 16.2 Å². The van der Waals surface area contributed by atoms with Crippen molar-refractivity contribution < 1.29 is 13.2 Å². The topological polar surface area (TPSA) is 129 Å². The number of rotatable bonds is 8. The van der Waals surface area contributed by atoms with E-state index in [1.807, 2.05) is 18.2 Å². The lowest BCUT2D eigenvalue weighted by molar-refractivity contribution is -0.116. The Morgan fingerprint density at radius 1 is 0.933 bits per heavy atom. The Bertz CT molecular complexity index is 1110. The van der Waals surface area contributed by atoms with Crippen molar-refractivity contribution in [3.63, 3.8) is 0 Å². The molecule has 3 aromatic rings. The maximum Gasteiger partial charge on any atom is 0.239 e. The minimum absolute atomic E-state index is 0.258. The first-order valence-electron chi connectivity index (χ1n) is 8.88. The van der Waals surface area contributed by atoms with Crippen LogP contribution in [0.2, 0.25) is 0 Å². The van der Waals surface area contributed by atoms with Crippen LogP contribution in [-0.2, 0) is 14.8 Å². The summed E-state index contributed by atoms with van der Waals surface area (Å²) in [6.45, 7) is -0.258. The van der Waals surface area contributed by atoms with Crippen LogP contribution in [0.25, 0.3) is 0 Å². The first-order valence-corrected chi connectivity index (χ1v) is 10.7. The highest BCUT2D eigenvalue weighted by molar-refractivity contribution is 7.88. The zero-order valence-electron chi connectivity index (χ0n) is 16.4. The number of hydrogen-bond acceptors (Lipinski definition) is 8. The summed E-state index contributed by atoms with van der Waals surface area (Å²) in [4.78, 5) is 24.5. The molecule has 0 aliphatic carbocycles. The quantitative estimate of drug-likeness (QED) is 0.499. The molecule has 3 rings (SSSR count). The van der Waals surface area contributed by atoms with Gasteiger partial charge < -0.3 is 16.0 Å². The summed E-state index contributed by atoms with van der Waals surface area (Å²) in [7, 11) is -2.07. The first-order chi connectivity index (χ1) is 14.3. The molecule has 0 atom stereocenters. The average Bonchev–Trinajstić information content (AvgIpc) is 2.70. The fraction of sp³-hybridized carbons (Fsp3) is 0.158. The lowest BCUT2D eigenvalue weighted by atomic mass is 10.2. The second-order valence-corrected chi connectivity index (χ2v) is 8.49. The molecular formula is C19H21N7O3S. The van der Waals surface area contributed by atoms with E-state index in [1.165, 1.54) is 13.4 Å². The number of carbonyl (C=O) groups is 1. The SMILES string of the molecule is CN(CC(=O)Nc1ccc(Nc2cc(Nc3ccccn3)ncn2)cc1)S(C)(=O)=O.